The second-order valence-corrected chi connectivity index (χ2v) is 9.66. The average molecular weight is 333 g/mol. The van der Waals surface area contributed by atoms with Gasteiger partial charge in [-0.1, -0.05) is 25.0 Å². The van der Waals surface area contributed by atoms with Crippen molar-refractivity contribution in [2.24, 2.45) is 28.6 Å². The van der Waals surface area contributed by atoms with E-state index in [1.165, 1.54) is 24.8 Å². The Morgan fingerprint density at radius 3 is 2.42 bits per heavy atom. The molecule has 0 amide bonds. The van der Waals surface area contributed by atoms with E-state index in [9.17, 15) is 9.50 Å². The summed E-state index contributed by atoms with van der Waals surface area (Å²) in [6, 6.07) is 0. The molecule has 3 fully saturated rings. The smallest absolute Gasteiger partial charge is 0.0966 e. The van der Waals surface area contributed by atoms with Gasteiger partial charge in [-0.3, -0.25) is 0 Å². The molecule has 0 heterocycles. The van der Waals surface area contributed by atoms with Crippen LogP contribution in [0, 0.1) is 28.6 Å². The molecule has 0 saturated heterocycles. The number of aliphatic hydroxyl groups excluding tert-OH is 1. The third-order valence-corrected chi connectivity index (χ3v) is 8.64. The van der Waals surface area contributed by atoms with Crippen molar-refractivity contribution < 1.29 is 9.50 Å². The third kappa shape index (κ3) is 2.14. The van der Waals surface area contributed by atoms with Gasteiger partial charge < -0.3 is 5.11 Å². The van der Waals surface area contributed by atoms with Crippen LogP contribution in [0.3, 0.4) is 0 Å². The van der Waals surface area contributed by atoms with Crippen LogP contribution in [0.5, 0.6) is 0 Å². The molecule has 3 unspecified atom stereocenters. The molecule has 0 bridgehead atoms. The number of fused-ring (bicyclic) bond motifs is 5. The van der Waals surface area contributed by atoms with Crippen LogP contribution in [0.15, 0.2) is 22.5 Å². The monoisotopic (exact) mass is 332 g/mol. The molecule has 6 atom stereocenters. The Morgan fingerprint density at radius 2 is 1.71 bits per heavy atom. The number of halogens is 1. The molecular formula is C22H33FO. The van der Waals surface area contributed by atoms with E-state index in [2.05, 4.69) is 20.8 Å². The largest absolute Gasteiger partial charge is 0.393 e. The Hall–Kier alpha value is -0.630. The van der Waals surface area contributed by atoms with Crippen LogP contribution in [0.2, 0.25) is 0 Å². The predicted octanol–water partition coefficient (Wildman–Crippen LogP) is 5.94. The van der Waals surface area contributed by atoms with E-state index < -0.39 is 0 Å². The van der Waals surface area contributed by atoms with Gasteiger partial charge in [0.2, 0.25) is 0 Å². The van der Waals surface area contributed by atoms with Crippen molar-refractivity contribution in [3.63, 3.8) is 0 Å². The zero-order valence-electron chi connectivity index (χ0n) is 15.8. The van der Waals surface area contributed by atoms with Gasteiger partial charge in [0.15, 0.2) is 0 Å². The first-order valence-corrected chi connectivity index (χ1v) is 10.0. The normalized spacial score (nSPS) is 50.2. The molecule has 0 radical (unpaired) electrons. The molecule has 0 spiro atoms. The molecule has 0 aromatic rings. The van der Waals surface area contributed by atoms with Gasteiger partial charge in [-0.05, 0) is 99.4 Å². The number of hydrogen-bond donors (Lipinski definition) is 1. The molecule has 1 N–H and O–H groups in total. The molecule has 0 aromatic heterocycles. The second-order valence-electron chi connectivity index (χ2n) is 9.66. The van der Waals surface area contributed by atoms with Gasteiger partial charge in [0.05, 0.1) is 11.9 Å². The Labute approximate surface area is 146 Å². The van der Waals surface area contributed by atoms with E-state index in [0.29, 0.717) is 11.8 Å². The zero-order chi connectivity index (χ0) is 17.3. The quantitative estimate of drug-likeness (QED) is 0.544. The number of rotatable bonds is 0. The van der Waals surface area contributed by atoms with Gasteiger partial charge in [-0.25, -0.2) is 4.39 Å². The fourth-order valence-corrected chi connectivity index (χ4v) is 7.48. The Morgan fingerprint density at radius 1 is 1.04 bits per heavy atom. The lowest BCUT2D eigenvalue weighted by molar-refractivity contribution is -0.0302. The standard InChI is InChI=1S/C22H33FO/c1-13-11-16-18-6-5-17(14(2)23)21(18,3)10-8-19(16)22(4)9-7-15(24)12-20(13)22/h15-16,18-19,24H,5-12H2,1-4H3/t15-,16?,18?,19?,21+,22+/m0/s1. The highest BCUT2D eigenvalue weighted by Gasteiger charge is 2.58. The molecule has 4 aliphatic carbocycles. The van der Waals surface area contributed by atoms with Crippen LogP contribution >= 0.6 is 0 Å². The van der Waals surface area contributed by atoms with Gasteiger partial charge in [0.25, 0.3) is 0 Å². The fraction of sp³-hybridized carbons (Fsp3) is 0.818. The van der Waals surface area contributed by atoms with Gasteiger partial charge in [-0.15, -0.1) is 0 Å². The van der Waals surface area contributed by atoms with E-state index in [1.54, 1.807) is 12.5 Å². The van der Waals surface area contributed by atoms with E-state index in [4.69, 9.17) is 0 Å². The molecule has 134 valence electrons. The van der Waals surface area contributed by atoms with Crippen LogP contribution in [-0.2, 0) is 0 Å². The van der Waals surface area contributed by atoms with Gasteiger partial charge in [-0.2, -0.15) is 0 Å². The molecule has 1 nitrogen and oxygen atoms in total. The maximum atomic E-state index is 14.2. The minimum Gasteiger partial charge on any atom is -0.393 e. The van der Waals surface area contributed by atoms with Crippen molar-refractivity contribution in [1.29, 1.82) is 0 Å². The van der Waals surface area contributed by atoms with Crippen LogP contribution < -0.4 is 0 Å². The minimum absolute atomic E-state index is 0.0919. The SMILES string of the molecule is CC(F)=C1CCC2C3CC(C)=C4C[C@@H](O)CC[C@]4(C)C3CC[C@]12C. The average Bonchev–Trinajstić information content (AvgIpc) is 2.87. The number of aliphatic hydroxyl groups is 1. The maximum absolute atomic E-state index is 14.2. The highest BCUT2D eigenvalue weighted by Crippen LogP contribution is 2.67. The summed E-state index contributed by atoms with van der Waals surface area (Å²) >= 11 is 0. The molecule has 4 aliphatic rings. The summed E-state index contributed by atoms with van der Waals surface area (Å²) in [6.45, 7) is 8.80. The molecule has 4 rings (SSSR count). The number of hydrogen-bond acceptors (Lipinski definition) is 1. The highest BCUT2D eigenvalue weighted by molar-refractivity contribution is 5.33. The first-order chi connectivity index (χ1) is 11.3. The zero-order valence-corrected chi connectivity index (χ0v) is 15.8. The Bertz CT molecular complexity index is 613. The van der Waals surface area contributed by atoms with E-state index in [0.717, 1.165) is 43.6 Å². The van der Waals surface area contributed by atoms with E-state index >= 15 is 0 Å². The number of allylic oxidation sites excluding steroid dienone is 3. The lowest BCUT2D eigenvalue weighted by atomic mass is 9.46. The van der Waals surface area contributed by atoms with Crippen LogP contribution in [0.4, 0.5) is 4.39 Å². The summed E-state index contributed by atoms with van der Waals surface area (Å²) < 4.78 is 14.2. The Kier molecular flexibility index (Phi) is 3.81. The lowest BCUT2D eigenvalue weighted by Gasteiger charge is -2.58. The summed E-state index contributed by atoms with van der Waals surface area (Å²) in [6.07, 6.45) is 8.56. The predicted molar refractivity (Wildman–Crippen MR) is 96.1 cm³/mol. The molecule has 0 aliphatic heterocycles. The van der Waals surface area contributed by atoms with Crippen molar-refractivity contribution in [2.75, 3.05) is 0 Å². The first-order valence-electron chi connectivity index (χ1n) is 10.0. The van der Waals surface area contributed by atoms with Gasteiger partial charge in [0, 0.05) is 0 Å². The summed E-state index contributed by atoms with van der Waals surface area (Å²) in [5, 5.41) is 10.2. The Balaban J connectivity index is 1.74. The molecule has 3 saturated carbocycles. The first kappa shape index (κ1) is 16.8. The van der Waals surface area contributed by atoms with Crippen molar-refractivity contribution in [3.05, 3.63) is 22.5 Å². The maximum Gasteiger partial charge on any atom is 0.0966 e. The topological polar surface area (TPSA) is 20.2 Å². The third-order valence-electron chi connectivity index (χ3n) is 8.64. The molecule has 0 aromatic carbocycles. The highest BCUT2D eigenvalue weighted by atomic mass is 19.1. The molecule has 24 heavy (non-hydrogen) atoms. The van der Waals surface area contributed by atoms with Gasteiger partial charge in [0.1, 0.15) is 0 Å². The summed E-state index contributed by atoms with van der Waals surface area (Å²) in [4.78, 5) is 0. The minimum atomic E-state index is -0.136. The molecular weight excluding hydrogens is 299 g/mol. The molecule has 2 heteroatoms. The van der Waals surface area contributed by atoms with Gasteiger partial charge >= 0.3 is 0 Å². The van der Waals surface area contributed by atoms with Crippen molar-refractivity contribution in [1.82, 2.24) is 0 Å². The van der Waals surface area contributed by atoms with Crippen LogP contribution in [-0.4, -0.2) is 11.2 Å². The lowest BCUT2D eigenvalue weighted by Crippen LogP contribution is -2.50. The summed E-state index contributed by atoms with van der Waals surface area (Å²) in [5.74, 6) is 2.19. The fourth-order valence-electron chi connectivity index (χ4n) is 7.48. The second kappa shape index (κ2) is 5.43. The van der Waals surface area contributed by atoms with E-state index in [1.807, 2.05) is 0 Å². The van der Waals surface area contributed by atoms with E-state index in [-0.39, 0.29) is 22.8 Å². The van der Waals surface area contributed by atoms with Crippen molar-refractivity contribution >= 4 is 0 Å². The van der Waals surface area contributed by atoms with Crippen LogP contribution in [0.25, 0.3) is 0 Å². The summed E-state index contributed by atoms with van der Waals surface area (Å²) in [7, 11) is 0. The van der Waals surface area contributed by atoms with Crippen LogP contribution in [0.1, 0.15) is 79.1 Å². The summed E-state index contributed by atoms with van der Waals surface area (Å²) in [5.41, 5.74) is 4.62. The van der Waals surface area contributed by atoms with Crippen molar-refractivity contribution in [2.45, 2.75) is 85.2 Å². The van der Waals surface area contributed by atoms with Crippen molar-refractivity contribution in [3.8, 4) is 0 Å².